The van der Waals surface area contributed by atoms with Crippen molar-refractivity contribution in [3.8, 4) is 0 Å². The molecule has 2 heterocycles. The Bertz CT molecular complexity index is 792. The van der Waals surface area contributed by atoms with Crippen LogP contribution in [0.3, 0.4) is 0 Å². The Morgan fingerprint density at radius 2 is 1.85 bits per heavy atom. The third-order valence-corrected chi connectivity index (χ3v) is 5.77. The zero-order valence-electron chi connectivity index (χ0n) is 15.1. The van der Waals surface area contributed by atoms with Crippen LogP contribution in [0.15, 0.2) is 28.6 Å². The Hall–Kier alpha value is -2.06. The lowest BCUT2D eigenvalue weighted by molar-refractivity contribution is -0.159. The standard InChI is InChI=1S/C18H21NO5S2/c1-11-9-14(26-10-11)16(20)13-5-6-15(25-4)19(13)8-7-12(17(21)23-2)18(22)24-3/h5-6,9-10,12H,7-8H2,1-4H3. The second kappa shape index (κ2) is 9.05. The van der Waals surface area contributed by atoms with Crippen molar-refractivity contribution in [1.82, 2.24) is 4.57 Å². The van der Waals surface area contributed by atoms with Gasteiger partial charge in [0.25, 0.3) is 0 Å². The van der Waals surface area contributed by atoms with Crippen LogP contribution in [0.1, 0.15) is 27.3 Å². The number of hydrogen-bond acceptors (Lipinski definition) is 7. The van der Waals surface area contributed by atoms with Gasteiger partial charge < -0.3 is 14.0 Å². The van der Waals surface area contributed by atoms with E-state index in [-0.39, 0.29) is 12.2 Å². The first kappa shape index (κ1) is 20.3. The first-order chi connectivity index (χ1) is 12.4. The van der Waals surface area contributed by atoms with Crippen molar-refractivity contribution in [2.75, 3.05) is 20.5 Å². The SMILES string of the molecule is COC(=O)C(CCn1c(SC)ccc1C(=O)c1cc(C)cs1)C(=O)OC. The summed E-state index contributed by atoms with van der Waals surface area (Å²) in [7, 11) is 2.46. The molecule has 0 unspecified atom stereocenters. The summed E-state index contributed by atoms with van der Waals surface area (Å²) in [6.45, 7) is 2.26. The number of ketones is 1. The third kappa shape index (κ3) is 4.37. The van der Waals surface area contributed by atoms with Crippen LogP contribution in [0, 0.1) is 12.8 Å². The van der Waals surface area contributed by atoms with E-state index < -0.39 is 17.9 Å². The summed E-state index contributed by atoms with van der Waals surface area (Å²) in [6.07, 6.45) is 2.10. The largest absolute Gasteiger partial charge is 0.468 e. The van der Waals surface area contributed by atoms with Gasteiger partial charge in [0.2, 0.25) is 5.78 Å². The molecule has 0 fully saturated rings. The molecule has 0 bridgehead atoms. The molecule has 0 aromatic carbocycles. The van der Waals surface area contributed by atoms with E-state index in [9.17, 15) is 14.4 Å². The first-order valence-electron chi connectivity index (χ1n) is 7.92. The van der Waals surface area contributed by atoms with E-state index in [2.05, 4.69) is 0 Å². The van der Waals surface area contributed by atoms with Crippen LogP contribution < -0.4 is 0 Å². The maximum absolute atomic E-state index is 12.8. The Labute approximate surface area is 160 Å². The van der Waals surface area contributed by atoms with E-state index in [1.54, 1.807) is 6.07 Å². The maximum Gasteiger partial charge on any atom is 0.320 e. The molecule has 0 aliphatic rings. The van der Waals surface area contributed by atoms with Crippen LogP contribution in [0.5, 0.6) is 0 Å². The van der Waals surface area contributed by atoms with Crippen molar-refractivity contribution in [1.29, 1.82) is 0 Å². The predicted molar refractivity (Wildman–Crippen MR) is 101 cm³/mol. The highest BCUT2D eigenvalue weighted by atomic mass is 32.2. The smallest absolute Gasteiger partial charge is 0.320 e. The Kier molecular flexibility index (Phi) is 7.05. The average molecular weight is 396 g/mol. The lowest BCUT2D eigenvalue weighted by Gasteiger charge is -2.15. The quantitative estimate of drug-likeness (QED) is 0.296. The topological polar surface area (TPSA) is 74.6 Å². The number of aryl methyl sites for hydroxylation is 1. The fraction of sp³-hybridized carbons (Fsp3) is 0.389. The van der Waals surface area contributed by atoms with E-state index in [1.807, 2.05) is 35.3 Å². The van der Waals surface area contributed by atoms with Gasteiger partial charge in [0, 0.05) is 6.54 Å². The summed E-state index contributed by atoms with van der Waals surface area (Å²) in [5.74, 6) is -2.38. The zero-order chi connectivity index (χ0) is 19.3. The molecule has 2 rings (SSSR count). The summed E-state index contributed by atoms with van der Waals surface area (Å²) in [4.78, 5) is 37.2. The Morgan fingerprint density at radius 1 is 1.19 bits per heavy atom. The molecule has 0 aliphatic heterocycles. The third-order valence-electron chi connectivity index (χ3n) is 3.95. The van der Waals surface area contributed by atoms with E-state index in [4.69, 9.17) is 9.47 Å². The van der Waals surface area contributed by atoms with Gasteiger partial charge in [-0.25, -0.2) is 0 Å². The Morgan fingerprint density at radius 3 is 2.35 bits per heavy atom. The van der Waals surface area contributed by atoms with Crippen molar-refractivity contribution in [3.63, 3.8) is 0 Å². The molecule has 0 spiro atoms. The van der Waals surface area contributed by atoms with E-state index >= 15 is 0 Å². The number of thiophene rings is 1. The van der Waals surface area contributed by atoms with Crippen LogP contribution in [0.25, 0.3) is 0 Å². The van der Waals surface area contributed by atoms with Crippen molar-refractivity contribution >= 4 is 40.8 Å². The van der Waals surface area contributed by atoms with Crippen LogP contribution in [0.4, 0.5) is 0 Å². The van der Waals surface area contributed by atoms with Crippen LogP contribution in [-0.2, 0) is 25.6 Å². The van der Waals surface area contributed by atoms with E-state index in [0.29, 0.717) is 17.1 Å². The van der Waals surface area contributed by atoms with Crippen molar-refractivity contribution in [2.24, 2.45) is 5.92 Å². The average Bonchev–Trinajstić information content (AvgIpc) is 3.26. The van der Waals surface area contributed by atoms with Gasteiger partial charge in [0.1, 0.15) is 0 Å². The maximum atomic E-state index is 12.8. The summed E-state index contributed by atoms with van der Waals surface area (Å²) in [5, 5.41) is 2.82. The lowest BCUT2D eigenvalue weighted by Crippen LogP contribution is -2.28. The number of carbonyl (C=O) groups is 3. The van der Waals surface area contributed by atoms with Crippen LogP contribution >= 0.6 is 23.1 Å². The number of ether oxygens (including phenoxy) is 2. The lowest BCUT2D eigenvalue weighted by atomic mass is 10.1. The number of methoxy groups -OCH3 is 2. The molecule has 2 aromatic heterocycles. The molecule has 0 saturated carbocycles. The molecule has 0 atom stereocenters. The number of carbonyl (C=O) groups excluding carboxylic acids is 3. The molecular weight excluding hydrogens is 374 g/mol. The van der Waals surface area contributed by atoms with Gasteiger partial charge in [0.05, 0.1) is 29.8 Å². The van der Waals surface area contributed by atoms with Gasteiger partial charge in [-0.2, -0.15) is 0 Å². The van der Waals surface area contributed by atoms with Gasteiger partial charge in [-0.05, 0) is 48.7 Å². The minimum Gasteiger partial charge on any atom is -0.468 e. The van der Waals surface area contributed by atoms with Gasteiger partial charge >= 0.3 is 11.9 Å². The monoisotopic (exact) mass is 395 g/mol. The molecule has 2 aromatic rings. The summed E-state index contributed by atoms with van der Waals surface area (Å²) in [6, 6.07) is 5.49. The van der Waals surface area contributed by atoms with Crippen molar-refractivity contribution in [2.45, 2.75) is 24.9 Å². The number of thioether (sulfide) groups is 1. The first-order valence-corrected chi connectivity index (χ1v) is 10.0. The second-order valence-corrected chi connectivity index (χ2v) is 7.36. The van der Waals surface area contributed by atoms with E-state index in [1.165, 1.54) is 37.3 Å². The molecule has 140 valence electrons. The zero-order valence-corrected chi connectivity index (χ0v) is 16.7. The van der Waals surface area contributed by atoms with Gasteiger partial charge in [0.15, 0.2) is 5.92 Å². The molecule has 0 aliphatic carbocycles. The normalized spacial score (nSPS) is 10.8. The molecule has 0 radical (unpaired) electrons. The summed E-state index contributed by atoms with van der Waals surface area (Å²) in [5.41, 5.74) is 1.57. The van der Waals surface area contributed by atoms with Crippen LogP contribution in [0.2, 0.25) is 0 Å². The highest BCUT2D eigenvalue weighted by Crippen LogP contribution is 2.25. The van der Waals surface area contributed by atoms with Gasteiger partial charge in [-0.3, -0.25) is 14.4 Å². The minimum absolute atomic E-state index is 0.0731. The number of nitrogens with zero attached hydrogens (tertiary/aromatic N) is 1. The highest BCUT2D eigenvalue weighted by Gasteiger charge is 2.29. The molecule has 0 saturated heterocycles. The number of rotatable bonds is 8. The minimum atomic E-state index is -1.02. The molecule has 0 amide bonds. The highest BCUT2D eigenvalue weighted by molar-refractivity contribution is 7.98. The second-order valence-electron chi connectivity index (χ2n) is 5.62. The Balaban J connectivity index is 2.28. The fourth-order valence-electron chi connectivity index (χ4n) is 2.61. The summed E-state index contributed by atoms with van der Waals surface area (Å²) < 4.78 is 11.2. The predicted octanol–water partition coefficient (Wildman–Crippen LogP) is 3.16. The number of esters is 2. The number of hydrogen-bond donors (Lipinski definition) is 0. The molecular formula is C18H21NO5S2. The number of aromatic nitrogens is 1. The van der Waals surface area contributed by atoms with Gasteiger partial charge in [-0.15, -0.1) is 23.1 Å². The molecule has 0 N–H and O–H groups in total. The van der Waals surface area contributed by atoms with E-state index in [0.717, 1.165) is 10.6 Å². The molecule has 26 heavy (non-hydrogen) atoms. The molecule has 8 heteroatoms. The molecule has 6 nitrogen and oxygen atoms in total. The van der Waals surface area contributed by atoms with Gasteiger partial charge in [-0.1, -0.05) is 0 Å². The van der Waals surface area contributed by atoms with Crippen molar-refractivity contribution < 1.29 is 23.9 Å². The van der Waals surface area contributed by atoms with Crippen LogP contribution in [-0.4, -0.2) is 42.8 Å². The van der Waals surface area contributed by atoms with Crippen molar-refractivity contribution in [3.05, 3.63) is 39.7 Å². The summed E-state index contributed by atoms with van der Waals surface area (Å²) >= 11 is 2.90. The fourth-order valence-corrected chi connectivity index (χ4v) is 4.07.